The van der Waals surface area contributed by atoms with Crippen molar-refractivity contribution >= 4 is 86.5 Å². The van der Waals surface area contributed by atoms with Gasteiger partial charge in [0, 0.05) is 139 Å². The third-order valence-electron chi connectivity index (χ3n) is 10.4. The summed E-state index contributed by atoms with van der Waals surface area (Å²) in [6.07, 6.45) is -5.50. The average molecular weight is 1190 g/mol. The number of nitrogens with one attached hydrogen (secondary N) is 2. The van der Waals surface area contributed by atoms with E-state index in [2.05, 4.69) is 98.5 Å². The molecule has 5 aromatic carbocycles. The van der Waals surface area contributed by atoms with Gasteiger partial charge in [0.05, 0.1) is 6.10 Å². The van der Waals surface area contributed by atoms with Crippen LogP contribution in [0, 0.1) is 0 Å². The van der Waals surface area contributed by atoms with Gasteiger partial charge >= 0.3 is 18.3 Å². The molecule has 3 radical (unpaired) electrons. The molecule has 0 saturated carbocycles. The Labute approximate surface area is 413 Å². The zero-order valence-electron chi connectivity index (χ0n) is 35.5. The van der Waals surface area contributed by atoms with E-state index in [0.29, 0.717) is 22.0 Å². The van der Waals surface area contributed by atoms with Gasteiger partial charge in [-0.3, -0.25) is 5.32 Å². The van der Waals surface area contributed by atoms with Crippen LogP contribution in [-0.2, 0) is 25.8 Å². The first-order chi connectivity index (χ1) is 29.8. The summed E-state index contributed by atoms with van der Waals surface area (Å²) in [7, 11) is 1.39. The van der Waals surface area contributed by atoms with Crippen LogP contribution in [0.25, 0.3) is 0 Å². The van der Waals surface area contributed by atoms with E-state index in [4.69, 9.17) is 9.47 Å². The van der Waals surface area contributed by atoms with Crippen molar-refractivity contribution in [2.75, 3.05) is 103 Å². The number of nitrogens with zero attached hydrogens (tertiary/aromatic N) is 5. The van der Waals surface area contributed by atoms with Crippen LogP contribution in [0.3, 0.4) is 0 Å². The van der Waals surface area contributed by atoms with Gasteiger partial charge in [-0.25, -0.2) is 9.59 Å². The molecule has 0 aromatic heterocycles. The van der Waals surface area contributed by atoms with Crippen molar-refractivity contribution in [3.8, 4) is 5.75 Å². The minimum Gasteiger partial charge on any atom is -0.410 e. The average Bonchev–Trinajstić information content (AvgIpc) is 3.27. The first kappa shape index (κ1) is 54.6. The van der Waals surface area contributed by atoms with E-state index in [1.807, 2.05) is 66.7 Å². The van der Waals surface area contributed by atoms with Crippen LogP contribution >= 0.6 is 31.9 Å². The first-order valence-corrected chi connectivity index (χ1v) is 21.8. The van der Waals surface area contributed by atoms with Crippen molar-refractivity contribution in [2.24, 2.45) is 0 Å². The molecule has 1 unspecified atom stereocenters. The van der Waals surface area contributed by atoms with Gasteiger partial charge in [0.25, 0.3) is 0 Å². The maximum absolute atomic E-state index is 12.9. The molecule has 3 amide bonds. The van der Waals surface area contributed by atoms with E-state index >= 15 is 0 Å². The number of amides is 3. The Hall–Kier alpha value is -4.70. The molecule has 2 N–H and O–H groups in total. The molecule has 2 saturated heterocycles. The molecule has 0 bridgehead atoms. The van der Waals surface area contributed by atoms with E-state index in [0.717, 1.165) is 72.7 Å². The minimum atomic E-state index is -4.49. The van der Waals surface area contributed by atoms with Crippen LogP contribution < -0.4 is 35.0 Å². The summed E-state index contributed by atoms with van der Waals surface area (Å²) in [6.45, 7) is 7.42. The molecule has 2 aliphatic heterocycles. The predicted molar refractivity (Wildman–Crippen MR) is 262 cm³/mol. The molecule has 65 heavy (non-hydrogen) atoms. The number of anilines is 6. The van der Waals surface area contributed by atoms with Gasteiger partial charge in [0.2, 0.25) is 0 Å². The number of halogens is 5. The van der Waals surface area contributed by atoms with Crippen LogP contribution in [0.2, 0.25) is 0 Å². The summed E-state index contributed by atoms with van der Waals surface area (Å²) in [5.74, 6) is 0.519. The molecule has 5 aromatic rings. The zero-order valence-corrected chi connectivity index (χ0v) is 41.6. The quantitative estimate of drug-likeness (QED) is 0.126. The molecule has 0 aliphatic carbocycles. The van der Waals surface area contributed by atoms with E-state index < -0.39 is 30.9 Å². The normalized spacial score (nSPS) is 14.0. The predicted octanol–water partition coefficient (Wildman–Crippen LogP) is 10.8. The number of hydrogen-bond donors (Lipinski definition) is 2. The standard InChI is InChI=1S/C23H28BrF3N4O2.C23H22BrN3O2.CH4.B.W/c1-17(33-2)15-31(16-23(25,26)27)22(32)28-19-5-9-21(10-6-19)30-13-11-29(12-14-30)20-7-3-18(24)4-8-20;24-18-6-10-20(11-7-18)26-14-16-27(17-15-26)21-12-8-19(9-13-21)25-23(28)29-22-4-2-1-3-5-22;;;/h3-10,17H,11-16H2,1-2H3,(H,28,32);1-13H,14-17H2,(H,25,28);1H4;;. The number of ether oxygens (including phenoxy) is 2. The Morgan fingerprint density at radius 2 is 0.985 bits per heavy atom. The Balaban J connectivity index is 0.000000332. The number of rotatable bonds is 11. The maximum Gasteiger partial charge on any atom is 0.417 e. The number of carbonyl (C=O) groups is 2. The second-order valence-electron chi connectivity index (χ2n) is 14.8. The largest absolute Gasteiger partial charge is 0.417 e. The smallest absolute Gasteiger partial charge is 0.410 e. The van der Waals surface area contributed by atoms with Crippen molar-refractivity contribution < 1.29 is 53.3 Å². The van der Waals surface area contributed by atoms with Gasteiger partial charge in [-0.1, -0.05) is 57.5 Å². The third-order valence-corrected chi connectivity index (χ3v) is 11.5. The van der Waals surface area contributed by atoms with Crippen LogP contribution in [0.15, 0.2) is 136 Å². The first-order valence-electron chi connectivity index (χ1n) is 20.2. The second kappa shape index (κ2) is 26.4. The van der Waals surface area contributed by atoms with Crippen LogP contribution in [0.4, 0.5) is 56.9 Å². The Morgan fingerprint density at radius 3 is 1.34 bits per heavy atom. The van der Waals surface area contributed by atoms with Gasteiger partial charge in [0.1, 0.15) is 12.3 Å². The van der Waals surface area contributed by atoms with Crippen molar-refractivity contribution in [1.29, 1.82) is 0 Å². The number of carbonyl (C=O) groups excluding carboxylic acids is 2. The summed E-state index contributed by atoms with van der Waals surface area (Å²) < 4.78 is 51.1. The molecule has 0 spiro atoms. The fraction of sp³-hybridized carbons (Fsp3) is 0.319. The summed E-state index contributed by atoms with van der Waals surface area (Å²) in [5.41, 5.74) is 5.75. The number of alkyl halides is 3. The minimum absolute atomic E-state index is 0. The fourth-order valence-corrected chi connectivity index (χ4v) is 7.55. The second-order valence-corrected chi connectivity index (χ2v) is 16.6. The summed E-state index contributed by atoms with van der Waals surface area (Å²) in [6, 6.07) is 39.9. The van der Waals surface area contributed by atoms with Crippen molar-refractivity contribution in [2.45, 2.75) is 26.6 Å². The van der Waals surface area contributed by atoms with Crippen molar-refractivity contribution in [3.63, 3.8) is 0 Å². The van der Waals surface area contributed by atoms with E-state index in [1.165, 1.54) is 18.5 Å². The van der Waals surface area contributed by atoms with Crippen LogP contribution in [0.1, 0.15) is 14.4 Å². The molecule has 11 nitrogen and oxygen atoms in total. The SMILES string of the molecule is C.COC(C)CN(CC(F)(F)F)C(=O)Nc1ccc(N2CCN(c3ccc(Br)cc3)CC2)cc1.O=C(Nc1ccc(N2CCN(c3ccc(Br)cc3)CC2)cc1)Oc1ccccc1.[B].[W]. The fourth-order valence-electron chi connectivity index (χ4n) is 7.02. The molecule has 2 fully saturated rings. The summed E-state index contributed by atoms with van der Waals surface area (Å²) >= 11 is 6.94. The third kappa shape index (κ3) is 17.2. The Bertz CT molecular complexity index is 2170. The molecular formula is C47H54BBr2F3N7O4W. The number of piperazine rings is 2. The van der Waals surface area contributed by atoms with Crippen molar-refractivity contribution in [1.82, 2.24) is 4.90 Å². The Kier molecular flexibility index (Phi) is 22.2. The van der Waals surface area contributed by atoms with Crippen LogP contribution in [0.5, 0.6) is 5.75 Å². The molecular weight excluding hydrogens is 1140 g/mol. The maximum atomic E-state index is 12.9. The summed E-state index contributed by atoms with van der Waals surface area (Å²) in [4.78, 5) is 34.5. The molecule has 2 heterocycles. The van der Waals surface area contributed by atoms with Gasteiger partial charge < -0.3 is 39.3 Å². The molecule has 345 valence electrons. The molecule has 1 atom stereocenters. The number of urea groups is 1. The van der Waals surface area contributed by atoms with E-state index in [9.17, 15) is 22.8 Å². The Morgan fingerprint density at radius 1 is 0.631 bits per heavy atom. The topological polar surface area (TPSA) is 92.9 Å². The van der Waals surface area contributed by atoms with E-state index in [-0.39, 0.29) is 43.4 Å². The van der Waals surface area contributed by atoms with Gasteiger partial charge in [-0.15, -0.1) is 0 Å². The van der Waals surface area contributed by atoms with Gasteiger partial charge in [-0.2, -0.15) is 13.2 Å². The summed E-state index contributed by atoms with van der Waals surface area (Å²) in [5, 5.41) is 5.32. The van der Waals surface area contributed by atoms with Crippen molar-refractivity contribution in [3.05, 3.63) is 136 Å². The van der Waals surface area contributed by atoms with Gasteiger partial charge in [0.15, 0.2) is 0 Å². The van der Waals surface area contributed by atoms with E-state index in [1.54, 1.807) is 31.2 Å². The number of hydrogen-bond acceptors (Lipinski definition) is 8. The van der Waals surface area contributed by atoms with Crippen LogP contribution in [-0.4, -0.2) is 110 Å². The number of methoxy groups -OCH3 is 1. The van der Waals surface area contributed by atoms with Gasteiger partial charge in [-0.05, 0) is 116 Å². The molecule has 2 aliphatic rings. The number of para-hydroxylation sites is 1. The molecule has 7 rings (SSSR count). The monoisotopic (exact) mass is 1190 g/mol. The zero-order chi connectivity index (χ0) is 44.1. The molecule has 18 heteroatoms. The number of benzene rings is 5.